The van der Waals surface area contributed by atoms with Crippen LogP contribution in [0.5, 0.6) is 5.75 Å². The van der Waals surface area contributed by atoms with E-state index >= 15 is 0 Å². The number of likely N-dealkylation sites (N-methyl/N-ethyl adjacent to an activating group) is 1. The molecule has 0 saturated carbocycles. The van der Waals surface area contributed by atoms with Gasteiger partial charge < -0.3 is 19.9 Å². The van der Waals surface area contributed by atoms with E-state index in [2.05, 4.69) is 70.7 Å². The number of aryl methyl sites for hydroxylation is 1. The first kappa shape index (κ1) is 21.9. The summed E-state index contributed by atoms with van der Waals surface area (Å²) < 4.78 is 7.80. The van der Waals surface area contributed by atoms with Gasteiger partial charge in [-0.3, -0.25) is 0 Å². The van der Waals surface area contributed by atoms with Crippen LogP contribution in [0.15, 0.2) is 60.7 Å². The first-order valence-electron chi connectivity index (χ1n) is 12.7. The van der Waals surface area contributed by atoms with Crippen molar-refractivity contribution >= 4 is 23.0 Å². The van der Waals surface area contributed by atoms with Crippen LogP contribution in [0.3, 0.4) is 0 Å². The lowest BCUT2D eigenvalue weighted by Crippen LogP contribution is -2.28. The van der Waals surface area contributed by atoms with Crippen molar-refractivity contribution in [2.24, 2.45) is 0 Å². The second-order valence-electron chi connectivity index (χ2n) is 9.54. The molecule has 0 amide bonds. The molecule has 0 atom stereocenters. The van der Waals surface area contributed by atoms with Crippen LogP contribution in [0.4, 0.5) is 17.3 Å². The number of rotatable bonds is 7. The molecule has 0 unspecified atom stereocenters. The quantitative estimate of drug-likeness (QED) is 0.412. The summed E-state index contributed by atoms with van der Waals surface area (Å²) in [5.74, 6) is 1.50. The lowest BCUT2D eigenvalue weighted by molar-refractivity contribution is 0.311. The molecule has 4 heterocycles. The molecule has 1 saturated heterocycles. The molecule has 7 heteroatoms. The van der Waals surface area contributed by atoms with E-state index in [1.54, 1.807) is 0 Å². The highest BCUT2D eigenvalue weighted by Gasteiger charge is 2.17. The van der Waals surface area contributed by atoms with Crippen molar-refractivity contribution in [3.05, 3.63) is 66.2 Å². The third kappa shape index (κ3) is 4.68. The van der Waals surface area contributed by atoms with Crippen molar-refractivity contribution < 1.29 is 4.74 Å². The molecule has 6 rings (SSSR count). The zero-order valence-electron chi connectivity index (χ0n) is 20.3. The largest absolute Gasteiger partial charge is 0.490 e. The number of likely N-dealkylation sites (tertiary alicyclic amines) is 1. The molecule has 1 fully saturated rings. The molecule has 2 aliphatic rings. The van der Waals surface area contributed by atoms with E-state index in [9.17, 15) is 0 Å². The van der Waals surface area contributed by atoms with Gasteiger partial charge in [-0.25, -0.2) is 4.52 Å². The fourth-order valence-corrected chi connectivity index (χ4v) is 5.09. The Morgan fingerprint density at radius 2 is 1.83 bits per heavy atom. The first-order chi connectivity index (χ1) is 17.2. The monoisotopic (exact) mass is 468 g/mol. The number of aromatic nitrogens is 3. The van der Waals surface area contributed by atoms with Gasteiger partial charge in [0, 0.05) is 18.3 Å². The van der Waals surface area contributed by atoms with Crippen molar-refractivity contribution in [1.29, 1.82) is 0 Å². The molecule has 2 aliphatic heterocycles. The van der Waals surface area contributed by atoms with E-state index in [0.717, 1.165) is 47.0 Å². The highest BCUT2D eigenvalue weighted by molar-refractivity contribution is 5.72. The zero-order chi connectivity index (χ0) is 23.6. The summed E-state index contributed by atoms with van der Waals surface area (Å²) >= 11 is 0. The van der Waals surface area contributed by atoms with Gasteiger partial charge in [0.1, 0.15) is 12.4 Å². The lowest BCUT2D eigenvalue weighted by atomic mass is 10.1. The smallest absolute Gasteiger partial charge is 0.247 e. The number of pyridine rings is 1. The molecular weight excluding hydrogens is 436 g/mol. The van der Waals surface area contributed by atoms with E-state index < -0.39 is 0 Å². The average molecular weight is 469 g/mol. The lowest BCUT2D eigenvalue weighted by Gasteiger charge is -2.28. The summed E-state index contributed by atoms with van der Waals surface area (Å²) in [6.07, 6.45) is 5.05. The van der Waals surface area contributed by atoms with Crippen LogP contribution < -0.4 is 15.0 Å². The van der Waals surface area contributed by atoms with Gasteiger partial charge in [-0.05, 0) is 87.3 Å². The van der Waals surface area contributed by atoms with E-state index in [-0.39, 0.29) is 0 Å². The summed E-state index contributed by atoms with van der Waals surface area (Å²) in [5.41, 5.74) is 6.33. The van der Waals surface area contributed by atoms with E-state index in [1.807, 2.05) is 16.6 Å². The summed E-state index contributed by atoms with van der Waals surface area (Å²) in [5, 5.41) is 8.14. The number of fused-ring (bicyclic) bond motifs is 2. The van der Waals surface area contributed by atoms with Gasteiger partial charge in [0.2, 0.25) is 5.95 Å². The highest BCUT2D eigenvalue weighted by atomic mass is 16.5. The van der Waals surface area contributed by atoms with Crippen molar-refractivity contribution in [2.45, 2.75) is 25.7 Å². The fraction of sp³-hybridized carbons (Fsp3) is 0.357. The third-order valence-electron chi connectivity index (χ3n) is 7.06. The van der Waals surface area contributed by atoms with Crippen LogP contribution in [-0.4, -0.2) is 59.3 Å². The molecule has 2 aromatic heterocycles. The number of nitrogens with one attached hydrogen (secondary N) is 1. The topological polar surface area (TPSA) is 57.9 Å². The van der Waals surface area contributed by atoms with Crippen LogP contribution in [-0.2, 0) is 6.42 Å². The molecule has 0 spiro atoms. The summed E-state index contributed by atoms with van der Waals surface area (Å²) in [7, 11) is 2.10. The summed E-state index contributed by atoms with van der Waals surface area (Å²) in [6, 6.07) is 21.1. The van der Waals surface area contributed by atoms with Crippen LogP contribution in [0.2, 0.25) is 0 Å². The van der Waals surface area contributed by atoms with Gasteiger partial charge in [0.15, 0.2) is 5.65 Å². The SMILES string of the molecule is CN1CCOc2cc(-c3cccc4nc(Nc5ccc(CCCN6CCCC6)cc5)nn34)ccc21. The molecule has 4 aromatic rings. The predicted molar refractivity (Wildman–Crippen MR) is 141 cm³/mol. The minimum atomic E-state index is 0.591. The number of nitrogens with zero attached hydrogens (tertiary/aromatic N) is 5. The second-order valence-corrected chi connectivity index (χ2v) is 9.54. The standard InChI is InChI=1S/C28H32N6O/c1-32-18-19-35-26-20-22(11-14-25(26)32)24-7-4-8-27-30-28(31-34(24)27)29-23-12-9-21(10-13-23)6-5-17-33-15-2-3-16-33/h4,7-14,20H,2-3,5-6,15-19H2,1H3,(H,29,31). The normalized spacial score (nSPS) is 15.9. The Hall–Kier alpha value is -3.58. The first-order valence-corrected chi connectivity index (χ1v) is 12.7. The molecule has 1 N–H and O–H groups in total. The van der Waals surface area contributed by atoms with Gasteiger partial charge in [0.25, 0.3) is 0 Å². The number of ether oxygens (including phenoxy) is 1. The summed E-state index contributed by atoms with van der Waals surface area (Å²) in [4.78, 5) is 9.51. The van der Waals surface area contributed by atoms with Gasteiger partial charge in [-0.1, -0.05) is 24.3 Å². The molecule has 2 aromatic carbocycles. The number of anilines is 3. The van der Waals surface area contributed by atoms with Gasteiger partial charge in [0.05, 0.1) is 17.9 Å². The van der Waals surface area contributed by atoms with Crippen molar-refractivity contribution in [2.75, 3.05) is 50.1 Å². The van der Waals surface area contributed by atoms with Gasteiger partial charge >= 0.3 is 0 Å². The van der Waals surface area contributed by atoms with Crippen molar-refractivity contribution in [3.8, 4) is 17.0 Å². The highest BCUT2D eigenvalue weighted by Crippen LogP contribution is 2.35. The second kappa shape index (κ2) is 9.58. The van der Waals surface area contributed by atoms with Crippen molar-refractivity contribution in [3.63, 3.8) is 0 Å². The van der Waals surface area contributed by atoms with E-state index in [4.69, 9.17) is 14.8 Å². The van der Waals surface area contributed by atoms with Crippen LogP contribution in [0.1, 0.15) is 24.8 Å². The molecular formula is C28H32N6O. The Kier molecular flexibility index (Phi) is 6.00. The van der Waals surface area contributed by atoms with Gasteiger partial charge in [-0.2, -0.15) is 4.98 Å². The minimum absolute atomic E-state index is 0.591. The molecule has 35 heavy (non-hydrogen) atoms. The average Bonchev–Trinajstić information content (AvgIpc) is 3.54. The van der Waals surface area contributed by atoms with E-state index in [1.165, 1.54) is 44.5 Å². The predicted octanol–water partition coefficient (Wildman–Crippen LogP) is 5.00. The molecule has 7 nitrogen and oxygen atoms in total. The van der Waals surface area contributed by atoms with E-state index in [0.29, 0.717) is 12.6 Å². The Morgan fingerprint density at radius 3 is 2.69 bits per heavy atom. The Bertz CT molecular complexity index is 1310. The minimum Gasteiger partial charge on any atom is -0.490 e. The van der Waals surface area contributed by atoms with Crippen LogP contribution >= 0.6 is 0 Å². The van der Waals surface area contributed by atoms with Gasteiger partial charge in [-0.15, -0.1) is 5.10 Å². The number of hydrogen-bond acceptors (Lipinski definition) is 6. The van der Waals surface area contributed by atoms with Crippen LogP contribution in [0.25, 0.3) is 16.9 Å². The molecule has 180 valence electrons. The molecule has 0 bridgehead atoms. The number of benzene rings is 2. The maximum absolute atomic E-state index is 5.91. The number of hydrogen-bond donors (Lipinski definition) is 1. The third-order valence-corrected chi connectivity index (χ3v) is 7.06. The Balaban J connectivity index is 1.17. The molecule has 0 radical (unpaired) electrons. The zero-order valence-corrected chi connectivity index (χ0v) is 20.3. The Morgan fingerprint density at radius 1 is 0.971 bits per heavy atom. The molecule has 0 aliphatic carbocycles. The van der Waals surface area contributed by atoms with Crippen molar-refractivity contribution in [1.82, 2.24) is 19.5 Å². The van der Waals surface area contributed by atoms with Crippen LogP contribution in [0, 0.1) is 0 Å². The maximum Gasteiger partial charge on any atom is 0.247 e. The summed E-state index contributed by atoms with van der Waals surface area (Å²) in [6.45, 7) is 5.36. The Labute approximate surface area is 206 Å². The maximum atomic E-state index is 5.91. The fourth-order valence-electron chi connectivity index (χ4n) is 5.09.